The molecule has 4 nitrogen and oxygen atoms in total. The highest BCUT2D eigenvalue weighted by Crippen LogP contribution is 2.65. The number of rotatable bonds is 3. The Kier molecular flexibility index (Phi) is 3.64. The molecule has 1 aliphatic heterocycles. The summed E-state index contributed by atoms with van der Waals surface area (Å²) in [5.41, 5.74) is 0.242. The van der Waals surface area contributed by atoms with Gasteiger partial charge in [0.05, 0.1) is 0 Å². The SMILES string of the molecule is CCC(C)C1NC(=O)CCN(C2C(C)(C)C2(C)C)C1=O. The van der Waals surface area contributed by atoms with E-state index in [1.165, 1.54) is 0 Å². The molecule has 1 saturated carbocycles. The number of carbonyl (C=O) groups is 2. The van der Waals surface area contributed by atoms with Crippen LogP contribution in [-0.4, -0.2) is 35.3 Å². The number of hydrogen-bond donors (Lipinski definition) is 1. The maximum atomic E-state index is 12.9. The van der Waals surface area contributed by atoms with Gasteiger partial charge in [-0.3, -0.25) is 9.59 Å². The van der Waals surface area contributed by atoms with Crippen LogP contribution in [0.25, 0.3) is 0 Å². The van der Waals surface area contributed by atoms with Crippen molar-refractivity contribution in [3.63, 3.8) is 0 Å². The predicted octanol–water partition coefficient (Wildman–Crippen LogP) is 2.18. The molecular formula is C16H28N2O2. The zero-order chi connectivity index (χ0) is 15.3. The van der Waals surface area contributed by atoms with Gasteiger partial charge >= 0.3 is 0 Å². The summed E-state index contributed by atoms with van der Waals surface area (Å²) in [6.07, 6.45) is 1.31. The third kappa shape index (κ3) is 2.13. The first kappa shape index (κ1) is 15.3. The molecule has 1 aliphatic carbocycles. The van der Waals surface area contributed by atoms with E-state index in [9.17, 15) is 9.59 Å². The summed E-state index contributed by atoms with van der Waals surface area (Å²) in [6, 6.07) is -0.121. The molecule has 0 aromatic rings. The minimum Gasteiger partial charge on any atom is -0.344 e. The Bertz CT molecular complexity index is 414. The lowest BCUT2D eigenvalue weighted by molar-refractivity contribution is -0.136. The molecule has 0 spiro atoms. The highest BCUT2D eigenvalue weighted by molar-refractivity contribution is 5.90. The number of nitrogens with zero attached hydrogens (tertiary/aromatic N) is 1. The molecular weight excluding hydrogens is 252 g/mol. The van der Waals surface area contributed by atoms with E-state index < -0.39 is 0 Å². The summed E-state index contributed by atoms with van der Waals surface area (Å²) in [6.45, 7) is 13.5. The summed E-state index contributed by atoms with van der Waals surface area (Å²) in [5, 5.41) is 2.92. The van der Waals surface area contributed by atoms with E-state index in [4.69, 9.17) is 0 Å². The van der Waals surface area contributed by atoms with Gasteiger partial charge in [-0.05, 0) is 16.7 Å². The van der Waals surface area contributed by atoms with Gasteiger partial charge in [0.15, 0.2) is 0 Å². The molecule has 2 atom stereocenters. The molecule has 2 amide bonds. The van der Waals surface area contributed by atoms with Crippen LogP contribution in [0, 0.1) is 16.7 Å². The van der Waals surface area contributed by atoms with E-state index in [1.54, 1.807) is 0 Å². The van der Waals surface area contributed by atoms with E-state index in [-0.39, 0.29) is 40.6 Å². The van der Waals surface area contributed by atoms with Crippen LogP contribution < -0.4 is 5.32 Å². The lowest BCUT2D eigenvalue weighted by Crippen LogP contribution is -2.49. The van der Waals surface area contributed by atoms with Gasteiger partial charge in [-0.2, -0.15) is 0 Å². The minimum absolute atomic E-state index is 0.00223. The van der Waals surface area contributed by atoms with E-state index in [2.05, 4.69) is 39.9 Å². The van der Waals surface area contributed by atoms with Crippen LogP contribution in [0.4, 0.5) is 0 Å². The minimum atomic E-state index is -0.359. The van der Waals surface area contributed by atoms with Crippen LogP contribution in [0.5, 0.6) is 0 Å². The molecule has 0 aromatic carbocycles. The zero-order valence-electron chi connectivity index (χ0n) is 13.6. The van der Waals surface area contributed by atoms with Crippen molar-refractivity contribution in [2.24, 2.45) is 16.7 Å². The van der Waals surface area contributed by atoms with E-state index >= 15 is 0 Å². The lowest BCUT2D eigenvalue weighted by atomic mass is 9.98. The molecule has 4 heteroatoms. The molecule has 1 heterocycles. The van der Waals surface area contributed by atoms with Crippen molar-refractivity contribution in [3.8, 4) is 0 Å². The second kappa shape index (κ2) is 4.74. The zero-order valence-corrected chi connectivity index (χ0v) is 13.6. The Morgan fingerprint density at radius 2 is 1.80 bits per heavy atom. The first-order valence-corrected chi connectivity index (χ1v) is 7.74. The monoisotopic (exact) mass is 280 g/mol. The van der Waals surface area contributed by atoms with Gasteiger partial charge in [-0.1, -0.05) is 48.0 Å². The fourth-order valence-corrected chi connectivity index (χ4v) is 3.64. The van der Waals surface area contributed by atoms with Gasteiger partial charge in [-0.25, -0.2) is 0 Å². The third-order valence-electron chi connectivity index (χ3n) is 5.91. The van der Waals surface area contributed by atoms with Crippen LogP contribution >= 0.6 is 0 Å². The first-order chi connectivity index (χ1) is 9.14. The van der Waals surface area contributed by atoms with Gasteiger partial charge in [-0.15, -0.1) is 0 Å². The lowest BCUT2D eigenvalue weighted by Gasteiger charge is -2.29. The average molecular weight is 280 g/mol. The van der Waals surface area contributed by atoms with Crippen molar-refractivity contribution in [2.75, 3.05) is 6.54 Å². The molecule has 1 saturated heterocycles. The van der Waals surface area contributed by atoms with Gasteiger partial charge in [0.1, 0.15) is 6.04 Å². The van der Waals surface area contributed by atoms with Crippen LogP contribution in [0.3, 0.4) is 0 Å². The standard InChI is InChI=1S/C16H28N2O2/c1-7-10(2)12-13(20)18(9-8-11(19)17-12)14-15(3,4)16(14,5)6/h10,12,14H,7-9H2,1-6H3,(H,17,19). The molecule has 2 fully saturated rings. The average Bonchev–Trinajstić information content (AvgIpc) is 2.82. The quantitative estimate of drug-likeness (QED) is 0.861. The largest absolute Gasteiger partial charge is 0.344 e. The number of nitrogens with one attached hydrogen (secondary N) is 1. The van der Waals surface area contributed by atoms with Crippen molar-refractivity contribution < 1.29 is 9.59 Å². The van der Waals surface area contributed by atoms with Crippen LogP contribution in [-0.2, 0) is 9.59 Å². The predicted molar refractivity (Wildman–Crippen MR) is 79.1 cm³/mol. The maximum absolute atomic E-state index is 12.9. The van der Waals surface area contributed by atoms with Crippen molar-refractivity contribution in [1.82, 2.24) is 10.2 Å². The summed E-state index contributed by atoms with van der Waals surface area (Å²) in [4.78, 5) is 26.7. The number of hydrogen-bond acceptors (Lipinski definition) is 2. The Morgan fingerprint density at radius 1 is 1.25 bits per heavy atom. The molecule has 20 heavy (non-hydrogen) atoms. The van der Waals surface area contributed by atoms with Crippen molar-refractivity contribution >= 4 is 11.8 Å². The van der Waals surface area contributed by atoms with Gasteiger partial charge < -0.3 is 10.2 Å². The molecule has 1 N–H and O–H groups in total. The van der Waals surface area contributed by atoms with Gasteiger partial charge in [0, 0.05) is 19.0 Å². The Hall–Kier alpha value is -1.06. The normalized spacial score (nSPS) is 30.7. The third-order valence-corrected chi connectivity index (χ3v) is 5.91. The highest BCUT2D eigenvalue weighted by atomic mass is 16.2. The van der Waals surface area contributed by atoms with E-state index in [0.717, 1.165) is 6.42 Å². The molecule has 2 aliphatic rings. The fourth-order valence-electron chi connectivity index (χ4n) is 3.64. The first-order valence-electron chi connectivity index (χ1n) is 7.74. The van der Waals surface area contributed by atoms with E-state index in [0.29, 0.717) is 13.0 Å². The Morgan fingerprint density at radius 3 is 2.25 bits per heavy atom. The topological polar surface area (TPSA) is 49.4 Å². The van der Waals surface area contributed by atoms with Crippen molar-refractivity contribution in [3.05, 3.63) is 0 Å². The second-order valence-corrected chi connectivity index (χ2v) is 7.56. The van der Waals surface area contributed by atoms with Gasteiger partial charge in [0.25, 0.3) is 0 Å². The van der Waals surface area contributed by atoms with E-state index in [1.807, 2.05) is 11.8 Å². The summed E-state index contributed by atoms with van der Waals surface area (Å²) in [5.74, 6) is 0.285. The Balaban J connectivity index is 2.26. The molecule has 0 radical (unpaired) electrons. The molecule has 0 aromatic heterocycles. The van der Waals surface area contributed by atoms with Crippen molar-refractivity contribution in [2.45, 2.75) is 66.5 Å². The number of amides is 2. The van der Waals surface area contributed by atoms with Crippen LogP contribution in [0.15, 0.2) is 0 Å². The smallest absolute Gasteiger partial charge is 0.245 e. The molecule has 2 rings (SSSR count). The second-order valence-electron chi connectivity index (χ2n) is 7.56. The molecule has 0 bridgehead atoms. The van der Waals surface area contributed by atoms with Crippen LogP contribution in [0.2, 0.25) is 0 Å². The Labute approximate surface area is 122 Å². The summed E-state index contributed by atoms with van der Waals surface area (Å²) < 4.78 is 0. The summed E-state index contributed by atoms with van der Waals surface area (Å²) >= 11 is 0. The number of carbonyl (C=O) groups excluding carboxylic acids is 2. The van der Waals surface area contributed by atoms with Crippen molar-refractivity contribution in [1.29, 1.82) is 0 Å². The summed E-state index contributed by atoms with van der Waals surface area (Å²) in [7, 11) is 0. The van der Waals surface area contributed by atoms with Gasteiger partial charge in [0.2, 0.25) is 11.8 Å². The maximum Gasteiger partial charge on any atom is 0.245 e. The van der Waals surface area contributed by atoms with Crippen LogP contribution in [0.1, 0.15) is 54.4 Å². The molecule has 2 unspecified atom stereocenters. The molecule has 114 valence electrons. The highest BCUT2D eigenvalue weighted by Gasteiger charge is 2.68. The fraction of sp³-hybridized carbons (Fsp3) is 0.875.